The molecule has 0 bridgehead atoms. The summed E-state index contributed by atoms with van der Waals surface area (Å²) in [7, 11) is 0. The van der Waals surface area contributed by atoms with Crippen LogP contribution >= 0.6 is 23.6 Å². The van der Waals surface area contributed by atoms with Crippen LogP contribution in [0.3, 0.4) is 0 Å². The number of thiazole rings is 1. The van der Waals surface area contributed by atoms with Gasteiger partial charge in [-0.3, -0.25) is 0 Å². The minimum Gasteiger partial charge on any atom is -0.360 e. The van der Waals surface area contributed by atoms with Crippen molar-refractivity contribution >= 4 is 28.7 Å². The maximum absolute atomic E-state index is 5.68. The molecule has 1 N–H and O–H groups in total. The molecule has 0 amide bonds. The fraction of sp³-hybridized carbons (Fsp3) is 0.458. The van der Waals surface area contributed by atoms with Gasteiger partial charge in [0, 0.05) is 36.0 Å². The maximum atomic E-state index is 5.68. The number of hydrogen-bond acceptors (Lipinski definition) is 5. The minimum atomic E-state index is 0.490. The SMILES string of the molecule is Cc1onc(-c2ccccc2)c1-c1csc(C2CCN(C(=S)NC3CCCC3)CC2)n1. The van der Waals surface area contributed by atoms with Crippen molar-refractivity contribution in [2.24, 2.45) is 0 Å². The Hall–Kier alpha value is -2.25. The number of rotatable bonds is 4. The maximum Gasteiger partial charge on any atom is 0.169 e. The van der Waals surface area contributed by atoms with Crippen LogP contribution in [0.15, 0.2) is 40.2 Å². The number of nitrogens with zero attached hydrogens (tertiary/aromatic N) is 3. The first-order valence-corrected chi connectivity index (χ1v) is 12.5. The molecule has 0 radical (unpaired) electrons. The van der Waals surface area contributed by atoms with Gasteiger partial charge in [-0.25, -0.2) is 4.98 Å². The number of piperidine rings is 1. The highest BCUT2D eigenvalue weighted by molar-refractivity contribution is 7.80. The van der Waals surface area contributed by atoms with E-state index in [1.54, 1.807) is 11.3 Å². The minimum absolute atomic E-state index is 0.490. The van der Waals surface area contributed by atoms with Crippen molar-refractivity contribution in [2.45, 2.75) is 57.4 Å². The zero-order chi connectivity index (χ0) is 21.2. The van der Waals surface area contributed by atoms with Gasteiger partial charge in [-0.1, -0.05) is 48.3 Å². The molecule has 1 aromatic carbocycles. The summed E-state index contributed by atoms with van der Waals surface area (Å²) in [5, 5.41) is 12.2. The Morgan fingerprint density at radius 2 is 1.87 bits per heavy atom. The molecule has 0 atom stereocenters. The molecule has 0 unspecified atom stereocenters. The number of hydrogen-bond donors (Lipinski definition) is 1. The molecule has 2 fully saturated rings. The van der Waals surface area contributed by atoms with Crippen molar-refractivity contribution in [1.29, 1.82) is 0 Å². The van der Waals surface area contributed by atoms with Crippen LogP contribution in [0.4, 0.5) is 0 Å². The Morgan fingerprint density at radius 1 is 1.13 bits per heavy atom. The number of nitrogens with one attached hydrogen (secondary N) is 1. The van der Waals surface area contributed by atoms with E-state index in [4.69, 9.17) is 21.7 Å². The summed E-state index contributed by atoms with van der Waals surface area (Å²) >= 11 is 7.44. The van der Waals surface area contributed by atoms with Crippen LogP contribution in [-0.4, -0.2) is 39.3 Å². The lowest BCUT2D eigenvalue weighted by Crippen LogP contribution is -2.46. The van der Waals surface area contributed by atoms with Crippen molar-refractivity contribution < 1.29 is 4.52 Å². The molecule has 5 nitrogen and oxygen atoms in total. The van der Waals surface area contributed by atoms with Crippen molar-refractivity contribution in [3.8, 4) is 22.5 Å². The lowest BCUT2D eigenvalue weighted by Gasteiger charge is -2.34. The molecule has 3 aromatic rings. The molecular formula is C24H28N4OS2. The highest BCUT2D eigenvalue weighted by Gasteiger charge is 2.27. The molecule has 1 saturated heterocycles. The van der Waals surface area contributed by atoms with Crippen molar-refractivity contribution in [1.82, 2.24) is 20.4 Å². The van der Waals surface area contributed by atoms with Gasteiger partial charge in [-0.2, -0.15) is 0 Å². The molecule has 3 heterocycles. The summed E-state index contributed by atoms with van der Waals surface area (Å²) in [4.78, 5) is 7.37. The first kappa shape index (κ1) is 20.6. The standard InChI is InChI=1S/C24H28N4OS2/c1-16-21(22(27-29-16)17-7-3-2-4-8-17)20-15-31-23(26-20)18-11-13-28(14-12-18)24(30)25-19-9-5-6-10-19/h2-4,7-8,15,18-19H,5-6,9-14H2,1H3,(H,25,30). The number of benzene rings is 1. The second-order valence-electron chi connectivity index (χ2n) is 8.59. The zero-order valence-corrected chi connectivity index (χ0v) is 19.5. The van der Waals surface area contributed by atoms with Crippen LogP contribution in [0.25, 0.3) is 22.5 Å². The third-order valence-corrected chi connectivity index (χ3v) is 7.89. The Bertz CT molecular complexity index is 1030. The normalized spacial score (nSPS) is 17.9. The predicted molar refractivity (Wildman–Crippen MR) is 129 cm³/mol. The summed E-state index contributed by atoms with van der Waals surface area (Å²) in [5.41, 5.74) is 3.90. The quantitative estimate of drug-likeness (QED) is 0.507. The molecule has 5 rings (SSSR count). The summed E-state index contributed by atoms with van der Waals surface area (Å²) in [5.74, 6) is 1.30. The topological polar surface area (TPSA) is 54.2 Å². The predicted octanol–water partition coefficient (Wildman–Crippen LogP) is 5.77. The average molecular weight is 453 g/mol. The summed E-state index contributed by atoms with van der Waals surface area (Å²) in [6.07, 6.45) is 7.34. The van der Waals surface area contributed by atoms with Crippen LogP contribution in [0.5, 0.6) is 0 Å². The number of aryl methyl sites for hydroxylation is 1. The lowest BCUT2D eigenvalue weighted by atomic mass is 9.97. The molecule has 7 heteroatoms. The van der Waals surface area contributed by atoms with E-state index in [0.717, 1.165) is 59.3 Å². The third kappa shape index (κ3) is 4.39. The number of thiocarbonyl (C=S) groups is 1. The number of likely N-dealkylation sites (tertiary alicyclic amines) is 1. The molecule has 2 aliphatic rings. The zero-order valence-electron chi connectivity index (χ0n) is 17.8. The molecular weight excluding hydrogens is 424 g/mol. The van der Waals surface area contributed by atoms with Gasteiger partial charge in [0.1, 0.15) is 11.5 Å². The molecule has 31 heavy (non-hydrogen) atoms. The van der Waals surface area contributed by atoms with E-state index in [-0.39, 0.29) is 0 Å². The van der Waals surface area contributed by atoms with Crippen LogP contribution < -0.4 is 5.32 Å². The van der Waals surface area contributed by atoms with E-state index in [9.17, 15) is 0 Å². The molecule has 162 valence electrons. The Kier molecular flexibility index (Phi) is 6.05. The summed E-state index contributed by atoms with van der Waals surface area (Å²) < 4.78 is 5.54. The highest BCUT2D eigenvalue weighted by Crippen LogP contribution is 2.38. The molecule has 0 spiro atoms. The molecule has 1 saturated carbocycles. The summed E-state index contributed by atoms with van der Waals surface area (Å²) in [6, 6.07) is 10.8. The molecule has 1 aliphatic heterocycles. The second-order valence-corrected chi connectivity index (χ2v) is 9.87. The monoisotopic (exact) mass is 452 g/mol. The van der Waals surface area contributed by atoms with Crippen LogP contribution in [0, 0.1) is 6.92 Å². The largest absolute Gasteiger partial charge is 0.360 e. The highest BCUT2D eigenvalue weighted by atomic mass is 32.1. The molecule has 1 aliphatic carbocycles. The number of aromatic nitrogens is 2. The van der Waals surface area contributed by atoms with Gasteiger partial charge in [0.15, 0.2) is 5.11 Å². The van der Waals surface area contributed by atoms with E-state index >= 15 is 0 Å². The van der Waals surface area contributed by atoms with Crippen molar-refractivity contribution in [2.75, 3.05) is 13.1 Å². The fourth-order valence-corrected chi connectivity index (χ4v) is 6.05. The Morgan fingerprint density at radius 3 is 2.61 bits per heavy atom. The van der Waals surface area contributed by atoms with E-state index in [1.165, 1.54) is 30.7 Å². The van der Waals surface area contributed by atoms with Gasteiger partial charge in [-0.05, 0) is 44.8 Å². The summed E-state index contributed by atoms with van der Waals surface area (Å²) in [6.45, 7) is 3.96. The van der Waals surface area contributed by atoms with E-state index in [2.05, 4.69) is 32.9 Å². The van der Waals surface area contributed by atoms with Crippen LogP contribution in [-0.2, 0) is 0 Å². The lowest BCUT2D eigenvalue weighted by molar-refractivity contribution is 0.306. The van der Waals surface area contributed by atoms with Gasteiger partial charge in [0.05, 0.1) is 16.3 Å². The van der Waals surface area contributed by atoms with E-state index in [1.807, 2.05) is 25.1 Å². The van der Waals surface area contributed by atoms with Gasteiger partial charge >= 0.3 is 0 Å². The van der Waals surface area contributed by atoms with Crippen LogP contribution in [0.2, 0.25) is 0 Å². The molecule has 2 aromatic heterocycles. The van der Waals surface area contributed by atoms with E-state index in [0.29, 0.717) is 12.0 Å². The Labute approximate surface area is 192 Å². The third-order valence-electron chi connectivity index (χ3n) is 6.50. The average Bonchev–Trinajstić information content (AvgIpc) is 3.55. The van der Waals surface area contributed by atoms with Crippen molar-refractivity contribution in [3.63, 3.8) is 0 Å². The van der Waals surface area contributed by atoms with Gasteiger partial charge in [0.25, 0.3) is 0 Å². The fourth-order valence-electron chi connectivity index (χ4n) is 4.72. The smallest absolute Gasteiger partial charge is 0.169 e. The first-order chi connectivity index (χ1) is 15.2. The van der Waals surface area contributed by atoms with E-state index < -0.39 is 0 Å². The van der Waals surface area contributed by atoms with Crippen LogP contribution in [0.1, 0.15) is 55.2 Å². The first-order valence-electron chi connectivity index (χ1n) is 11.2. The van der Waals surface area contributed by atoms with Crippen molar-refractivity contribution in [3.05, 3.63) is 46.5 Å². The van der Waals surface area contributed by atoms with Gasteiger partial charge < -0.3 is 14.7 Å². The second kappa shape index (κ2) is 9.09. The Balaban J connectivity index is 1.26. The van der Waals surface area contributed by atoms with Gasteiger partial charge in [-0.15, -0.1) is 11.3 Å². The van der Waals surface area contributed by atoms with Gasteiger partial charge in [0.2, 0.25) is 0 Å².